The van der Waals surface area contributed by atoms with Crippen molar-refractivity contribution in [2.24, 2.45) is 11.8 Å². The Bertz CT molecular complexity index is 897. The van der Waals surface area contributed by atoms with E-state index in [1.54, 1.807) is 11.1 Å². The van der Waals surface area contributed by atoms with Crippen molar-refractivity contribution in [1.29, 1.82) is 0 Å². The second-order valence-electron chi connectivity index (χ2n) is 7.38. The van der Waals surface area contributed by atoms with Crippen molar-refractivity contribution < 1.29 is 9.59 Å². The molecule has 7 heteroatoms. The van der Waals surface area contributed by atoms with Gasteiger partial charge in [0.1, 0.15) is 5.82 Å². The average Bonchev–Trinajstić information content (AvgIpc) is 3.31. The number of fused-ring (bicyclic) bond motifs is 1. The van der Waals surface area contributed by atoms with Gasteiger partial charge in [-0.1, -0.05) is 6.92 Å². The lowest BCUT2D eigenvalue weighted by Gasteiger charge is -2.34. The van der Waals surface area contributed by atoms with Gasteiger partial charge in [0.25, 0.3) is 0 Å². The van der Waals surface area contributed by atoms with Crippen LogP contribution in [0.15, 0.2) is 24.4 Å². The minimum absolute atomic E-state index is 0.0133. The number of nitrogens with two attached hydrogens (primary N) is 1. The number of carbonyl (C=O) groups excluding carboxylic acids is 2. The van der Waals surface area contributed by atoms with Crippen LogP contribution in [0, 0.1) is 11.8 Å². The molecule has 1 saturated heterocycles. The van der Waals surface area contributed by atoms with E-state index in [1.807, 2.05) is 25.1 Å². The summed E-state index contributed by atoms with van der Waals surface area (Å²) < 4.78 is 0. The maximum absolute atomic E-state index is 12.3. The normalized spacial score (nSPS) is 25.4. The molecule has 4 N–H and O–H groups in total. The molecule has 1 aromatic heterocycles. The molecule has 1 aliphatic heterocycles. The summed E-state index contributed by atoms with van der Waals surface area (Å²) in [5, 5.41) is 7.65. The van der Waals surface area contributed by atoms with Crippen molar-refractivity contribution in [3.05, 3.63) is 24.4 Å². The van der Waals surface area contributed by atoms with E-state index in [9.17, 15) is 9.59 Å². The van der Waals surface area contributed by atoms with Gasteiger partial charge in [0, 0.05) is 41.5 Å². The van der Waals surface area contributed by atoms with Gasteiger partial charge in [0.05, 0.1) is 6.54 Å². The van der Waals surface area contributed by atoms with Crippen molar-refractivity contribution in [3.63, 3.8) is 0 Å². The average molecular weight is 353 g/mol. The predicted octanol–water partition coefficient (Wildman–Crippen LogP) is 1.74. The summed E-state index contributed by atoms with van der Waals surface area (Å²) in [5.74, 6) is 1.08. The Morgan fingerprint density at radius 3 is 2.81 bits per heavy atom. The van der Waals surface area contributed by atoms with Crippen LogP contribution < -0.4 is 21.3 Å². The highest BCUT2D eigenvalue weighted by molar-refractivity contribution is 6.03. The lowest BCUT2D eigenvalue weighted by Crippen LogP contribution is -2.53. The molecule has 2 fully saturated rings. The Labute approximate surface area is 151 Å². The molecule has 1 unspecified atom stereocenters. The quantitative estimate of drug-likeness (QED) is 0.730. The van der Waals surface area contributed by atoms with E-state index >= 15 is 0 Å². The molecule has 1 aliphatic carbocycles. The van der Waals surface area contributed by atoms with E-state index in [1.165, 1.54) is 0 Å². The second kappa shape index (κ2) is 6.25. The number of nitrogen functional groups attached to an aromatic ring is 1. The van der Waals surface area contributed by atoms with Crippen LogP contribution in [-0.2, 0) is 9.59 Å². The minimum Gasteiger partial charge on any atom is -0.398 e. The molecule has 26 heavy (non-hydrogen) atoms. The van der Waals surface area contributed by atoms with E-state index < -0.39 is 0 Å². The molecule has 0 spiro atoms. The van der Waals surface area contributed by atoms with E-state index in [0.29, 0.717) is 24.0 Å². The molecule has 7 nitrogen and oxygen atoms in total. The van der Waals surface area contributed by atoms with Gasteiger partial charge in [-0.2, -0.15) is 0 Å². The van der Waals surface area contributed by atoms with Gasteiger partial charge in [-0.15, -0.1) is 0 Å². The van der Waals surface area contributed by atoms with Gasteiger partial charge in [-0.3, -0.25) is 9.59 Å². The van der Waals surface area contributed by atoms with Gasteiger partial charge in [0.2, 0.25) is 11.8 Å². The van der Waals surface area contributed by atoms with Crippen LogP contribution in [0.1, 0.15) is 20.3 Å². The first-order valence-electron chi connectivity index (χ1n) is 8.97. The van der Waals surface area contributed by atoms with Crippen LogP contribution in [0.5, 0.6) is 0 Å². The number of aromatic nitrogens is 1. The molecule has 1 aromatic carbocycles. The van der Waals surface area contributed by atoms with Crippen molar-refractivity contribution in [2.75, 3.05) is 29.0 Å². The van der Waals surface area contributed by atoms with Gasteiger partial charge < -0.3 is 21.3 Å². The molecular formula is C19H23N5O2. The van der Waals surface area contributed by atoms with Crippen molar-refractivity contribution in [2.45, 2.75) is 26.3 Å². The second-order valence-corrected chi connectivity index (χ2v) is 7.38. The standard InChI is InChI=1S/C19H23N5O2/c1-10-3-14(10)19(26)23-17-5-12-4-13(6-16(20)15(12)8-22-17)24-11(2)7-21-9-18(24)25/h4-6,8,10-11,14,21H,3,7,9,20H2,1-2H3,(H,22,23,26)/t10-,11?,14-/m1/s1. The Morgan fingerprint density at radius 1 is 1.35 bits per heavy atom. The van der Waals surface area contributed by atoms with Crippen molar-refractivity contribution in [3.8, 4) is 0 Å². The predicted molar refractivity (Wildman–Crippen MR) is 102 cm³/mol. The summed E-state index contributed by atoms with van der Waals surface area (Å²) in [5.41, 5.74) is 7.54. The first-order valence-corrected chi connectivity index (χ1v) is 8.97. The number of hydrogen-bond acceptors (Lipinski definition) is 5. The number of nitrogens with one attached hydrogen (secondary N) is 2. The molecule has 136 valence electrons. The van der Waals surface area contributed by atoms with E-state index in [2.05, 4.69) is 22.5 Å². The molecule has 0 radical (unpaired) electrons. The molecule has 2 amide bonds. The van der Waals surface area contributed by atoms with Gasteiger partial charge >= 0.3 is 0 Å². The van der Waals surface area contributed by atoms with E-state index in [4.69, 9.17) is 5.73 Å². The lowest BCUT2D eigenvalue weighted by molar-refractivity contribution is -0.119. The Hall–Kier alpha value is -2.67. The molecule has 0 bridgehead atoms. The number of piperazine rings is 1. The zero-order valence-corrected chi connectivity index (χ0v) is 15.0. The summed E-state index contributed by atoms with van der Waals surface area (Å²) in [6.45, 7) is 5.12. The summed E-state index contributed by atoms with van der Waals surface area (Å²) in [6.07, 6.45) is 2.60. The highest BCUT2D eigenvalue weighted by atomic mass is 16.2. The van der Waals surface area contributed by atoms with E-state index in [0.717, 1.165) is 29.4 Å². The first kappa shape index (κ1) is 16.8. The highest BCUT2D eigenvalue weighted by Gasteiger charge is 2.39. The Kier molecular flexibility index (Phi) is 4.03. The minimum atomic E-state index is 0.0133. The maximum atomic E-state index is 12.3. The number of anilines is 3. The number of benzene rings is 1. The summed E-state index contributed by atoms with van der Waals surface area (Å²) >= 11 is 0. The van der Waals surface area contributed by atoms with Crippen LogP contribution in [-0.4, -0.2) is 35.9 Å². The SMILES string of the molecule is CC1CNCC(=O)N1c1cc(N)c2cnc(NC(=O)[C@@H]3C[C@H]3C)cc2c1. The number of carbonyl (C=O) groups is 2. The van der Waals surface area contributed by atoms with Gasteiger partial charge in [-0.25, -0.2) is 4.98 Å². The highest BCUT2D eigenvalue weighted by Crippen LogP contribution is 2.38. The van der Waals surface area contributed by atoms with Crippen LogP contribution in [0.4, 0.5) is 17.2 Å². The number of pyridine rings is 1. The molecule has 3 atom stereocenters. The third-order valence-electron chi connectivity index (χ3n) is 5.25. The van der Waals surface area contributed by atoms with Gasteiger partial charge in [-0.05, 0) is 42.8 Å². The Morgan fingerprint density at radius 2 is 2.12 bits per heavy atom. The zero-order valence-electron chi connectivity index (χ0n) is 15.0. The van der Waals surface area contributed by atoms with Gasteiger partial charge in [0.15, 0.2) is 0 Å². The van der Waals surface area contributed by atoms with Crippen molar-refractivity contribution >= 4 is 39.8 Å². The summed E-state index contributed by atoms with van der Waals surface area (Å²) in [6, 6.07) is 5.61. The maximum Gasteiger partial charge on any atom is 0.241 e. The molecule has 2 heterocycles. The van der Waals surface area contributed by atoms with Crippen LogP contribution >= 0.6 is 0 Å². The fourth-order valence-corrected chi connectivity index (χ4v) is 3.59. The zero-order chi connectivity index (χ0) is 18.4. The molecule has 4 rings (SSSR count). The Balaban J connectivity index is 1.68. The number of rotatable bonds is 3. The fourth-order valence-electron chi connectivity index (χ4n) is 3.59. The topological polar surface area (TPSA) is 100 Å². The lowest BCUT2D eigenvalue weighted by atomic mass is 10.1. The molecule has 2 aliphatic rings. The number of nitrogens with zero attached hydrogens (tertiary/aromatic N) is 2. The third kappa shape index (κ3) is 2.99. The monoisotopic (exact) mass is 353 g/mol. The summed E-state index contributed by atoms with van der Waals surface area (Å²) in [4.78, 5) is 30.6. The van der Waals surface area contributed by atoms with Crippen LogP contribution in [0.25, 0.3) is 10.8 Å². The molecule has 1 saturated carbocycles. The summed E-state index contributed by atoms with van der Waals surface area (Å²) in [7, 11) is 0. The largest absolute Gasteiger partial charge is 0.398 e. The number of hydrogen-bond donors (Lipinski definition) is 3. The van der Waals surface area contributed by atoms with Crippen molar-refractivity contribution in [1.82, 2.24) is 10.3 Å². The number of amides is 2. The molecule has 2 aromatic rings. The van der Waals surface area contributed by atoms with E-state index in [-0.39, 0.29) is 23.8 Å². The fraction of sp³-hybridized carbons (Fsp3) is 0.421. The first-order chi connectivity index (χ1) is 12.4. The van der Waals surface area contributed by atoms with Crippen LogP contribution in [0.2, 0.25) is 0 Å². The molecular weight excluding hydrogens is 330 g/mol. The smallest absolute Gasteiger partial charge is 0.241 e. The third-order valence-corrected chi connectivity index (χ3v) is 5.25. The van der Waals surface area contributed by atoms with Crippen LogP contribution in [0.3, 0.4) is 0 Å².